The summed E-state index contributed by atoms with van der Waals surface area (Å²) >= 11 is 1.49. The van der Waals surface area contributed by atoms with Crippen molar-refractivity contribution in [2.24, 2.45) is 0 Å². The number of furan rings is 1. The van der Waals surface area contributed by atoms with Crippen molar-refractivity contribution in [1.29, 1.82) is 0 Å². The molecule has 2 heterocycles. The highest BCUT2D eigenvalue weighted by Crippen LogP contribution is 2.28. The van der Waals surface area contributed by atoms with E-state index in [-0.39, 0.29) is 6.54 Å². The van der Waals surface area contributed by atoms with Gasteiger partial charge in [0.15, 0.2) is 0 Å². The molecule has 5 nitrogen and oxygen atoms in total. The summed E-state index contributed by atoms with van der Waals surface area (Å²) in [5, 5.41) is 5.26. The largest absolute Gasteiger partial charge is 0.468 e. The van der Waals surface area contributed by atoms with Crippen molar-refractivity contribution in [3.63, 3.8) is 0 Å². The fourth-order valence-electron chi connectivity index (χ4n) is 2.15. The molecule has 0 aromatic carbocycles. The Hall–Kier alpha value is -1.15. The summed E-state index contributed by atoms with van der Waals surface area (Å²) in [5.41, 5.74) is 0.791. The number of aryl methyl sites for hydroxylation is 1. The van der Waals surface area contributed by atoms with E-state index in [9.17, 15) is 8.42 Å². The third kappa shape index (κ3) is 3.55. The first kappa shape index (κ1) is 14.8. The fourth-order valence-corrected chi connectivity index (χ4v) is 4.90. The van der Waals surface area contributed by atoms with Crippen LogP contribution in [0.3, 0.4) is 0 Å². The third-order valence-electron chi connectivity index (χ3n) is 3.40. The molecule has 0 saturated heterocycles. The van der Waals surface area contributed by atoms with Gasteiger partial charge in [0.05, 0.1) is 12.8 Å². The Bertz CT molecular complexity index is 701. The van der Waals surface area contributed by atoms with Crippen molar-refractivity contribution in [3.05, 3.63) is 40.0 Å². The summed E-state index contributed by atoms with van der Waals surface area (Å²) in [6, 6.07) is 4.04. The number of rotatable bonds is 7. The Labute approximate surface area is 128 Å². The van der Waals surface area contributed by atoms with E-state index >= 15 is 0 Å². The average Bonchev–Trinajstić information content (AvgIpc) is 2.97. The Kier molecular flexibility index (Phi) is 4.17. The van der Waals surface area contributed by atoms with Crippen molar-refractivity contribution in [1.82, 2.24) is 10.0 Å². The predicted molar refractivity (Wildman–Crippen MR) is 81.7 cm³/mol. The van der Waals surface area contributed by atoms with Gasteiger partial charge in [-0.3, -0.25) is 0 Å². The smallest absolute Gasteiger partial charge is 0.242 e. The molecule has 21 heavy (non-hydrogen) atoms. The van der Waals surface area contributed by atoms with Crippen LogP contribution in [-0.4, -0.2) is 14.5 Å². The van der Waals surface area contributed by atoms with Crippen molar-refractivity contribution >= 4 is 21.4 Å². The highest BCUT2D eigenvalue weighted by molar-refractivity contribution is 7.89. The van der Waals surface area contributed by atoms with Gasteiger partial charge >= 0.3 is 0 Å². The molecule has 1 saturated carbocycles. The van der Waals surface area contributed by atoms with Crippen LogP contribution in [0.15, 0.2) is 33.1 Å². The second-order valence-electron chi connectivity index (χ2n) is 5.23. The molecule has 7 heteroatoms. The summed E-state index contributed by atoms with van der Waals surface area (Å²) in [7, 11) is -3.52. The van der Waals surface area contributed by atoms with E-state index in [2.05, 4.69) is 10.0 Å². The van der Waals surface area contributed by atoms with E-state index < -0.39 is 10.0 Å². The van der Waals surface area contributed by atoms with Crippen LogP contribution < -0.4 is 10.0 Å². The number of hydrogen-bond donors (Lipinski definition) is 2. The molecule has 0 bridgehead atoms. The first-order valence-corrected chi connectivity index (χ1v) is 9.25. The van der Waals surface area contributed by atoms with Crippen LogP contribution in [0.4, 0.5) is 0 Å². The molecule has 0 unspecified atom stereocenters. The van der Waals surface area contributed by atoms with Crippen LogP contribution in [0.1, 0.15) is 29.0 Å². The van der Waals surface area contributed by atoms with E-state index in [0.717, 1.165) is 10.4 Å². The van der Waals surface area contributed by atoms with E-state index in [1.54, 1.807) is 12.1 Å². The van der Waals surface area contributed by atoms with E-state index in [4.69, 9.17) is 4.42 Å². The summed E-state index contributed by atoms with van der Waals surface area (Å²) in [4.78, 5) is 1.28. The van der Waals surface area contributed by atoms with Crippen LogP contribution in [0.25, 0.3) is 0 Å². The fraction of sp³-hybridized carbons (Fsp3) is 0.429. The minimum absolute atomic E-state index is 0.167. The summed E-state index contributed by atoms with van der Waals surface area (Å²) < 4.78 is 32.8. The van der Waals surface area contributed by atoms with Gasteiger partial charge in [-0.25, -0.2) is 13.1 Å². The minimum Gasteiger partial charge on any atom is -0.468 e. The van der Waals surface area contributed by atoms with Crippen molar-refractivity contribution in [2.45, 2.75) is 43.8 Å². The number of hydrogen-bond acceptors (Lipinski definition) is 5. The molecule has 0 spiro atoms. The Morgan fingerprint density at radius 1 is 1.38 bits per heavy atom. The molecule has 1 fully saturated rings. The third-order valence-corrected chi connectivity index (χ3v) is 6.27. The molecule has 0 atom stereocenters. The normalized spacial score (nSPS) is 15.5. The van der Waals surface area contributed by atoms with E-state index in [1.165, 1.54) is 30.4 Å². The highest BCUT2D eigenvalue weighted by Gasteiger charge is 2.25. The van der Waals surface area contributed by atoms with Gasteiger partial charge in [-0.05, 0) is 42.8 Å². The van der Waals surface area contributed by atoms with Crippen molar-refractivity contribution in [3.8, 4) is 0 Å². The van der Waals surface area contributed by atoms with Gasteiger partial charge < -0.3 is 9.73 Å². The maximum absolute atomic E-state index is 12.5. The zero-order valence-electron chi connectivity index (χ0n) is 11.8. The Balaban J connectivity index is 1.75. The Morgan fingerprint density at radius 3 is 2.86 bits per heavy atom. The van der Waals surface area contributed by atoms with Crippen molar-refractivity contribution in [2.75, 3.05) is 0 Å². The first-order valence-electron chi connectivity index (χ1n) is 6.88. The molecule has 3 rings (SSSR count). The maximum atomic E-state index is 12.5. The number of thiophene rings is 1. The monoisotopic (exact) mass is 326 g/mol. The lowest BCUT2D eigenvalue weighted by Crippen LogP contribution is -2.25. The maximum Gasteiger partial charge on any atom is 0.242 e. The van der Waals surface area contributed by atoms with Crippen LogP contribution in [0.5, 0.6) is 0 Å². The second kappa shape index (κ2) is 5.92. The molecule has 114 valence electrons. The first-order chi connectivity index (χ1) is 10.1. The standard InChI is InChI=1S/C14H18N2O3S2/c1-10-9-20-13(8-15-11-4-5-11)14(10)21(17,18)16-7-12-3-2-6-19-12/h2-3,6,9,11,15-16H,4-5,7-8H2,1H3. The summed E-state index contributed by atoms with van der Waals surface area (Å²) in [6.45, 7) is 2.61. The van der Waals surface area contributed by atoms with Crippen LogP contribution in [0.2, 0.25) is 0 Å². The number of nitrogens with one attached hydrogen (secondary N) is 2. The zero-order valence-corrected chi connectivity index (χ0v) is 13.4. The van der Waals surface area contributed by atoms with Gasteiger partial charge in [0.25, 0.3) is 0 Å². The van der Waals surface area contributed by atoms with Crippen LogP contribution in [0, 0.1) is 6.92 Å². The minimum atomic E-state index is -3.52. The highest BCUT2D eigenvalue weighted by atomic mass is 32.2. The SMILES string of the molecule is Cc1csc(CNC2CC2)c1S(=O)(=O)NCc1ccco1. The van der Waals surface area contributed by atoms with Gasteiger partial charge in [0.2, 0.25) is 10.0 Å². The van der Waals surface area contributed by atoms with Crippen molar-refractivity contribution < 1.29 is 12.8 Å². The van der Waals surface area contributed by atoms with Crippen LogP contribution in [-0.2, 0) is 23.1 Å². The van der Waals surface area contributed by atoms with E-state index in [1.807, 2.05) is 12.3 Å². The summed E-state index contributed by atoms with van der Waals surface area (Å²) in [5.74, 6) is 0.601. The molecule has 2 aromatic heterocycles. The summed E-state index contributed by atoms with van der Waals surface area (Å²) in [6.07, 6.45) is 3.90. The molecule has 0 amide bonds. The van der Waals surface area contributed by atoms with Gasteiger partial charge in [0, 0.05) is 17.5 Å². The van der Waals surface area contributed by atoms with Gasteiger partial charge in [-0.15, -0.1) is 11.3 Å². The molecule has 1 aliphatic rings. The second-order valence-corrected chi connectivity index (χ2v) is 7.90. The lowest BCUT2D eigenvalue weighted by atomic mass is 10.3. The number of sulfonamides is 1. The predicted octanol–water partition coefficient (Wildman–Crippen LogP) is 2.38. The van der Waals surface area contributed by atoms with Crippen LogP contribution >= 0.6 is 11.3 Å². The van der Waals surface area contributed by atoms with Gasteiger partial charge in [-0.2, -0.15) is 0 Å². The Morgan fingerprint density at radius 2 is 2.19 bits per heavy atom. The molecule has 0 radical (unpaired) electrons. The molecular formula is C14H18N2O3S2. The molecule has 2 N–H and O–H groups in total. The lowest BCUT2D eigenvalue weighted by molar-refractivity contribution is 0.498. The van der Waals surface area contributed by atoms with E-state index in [0.29, 0.717) is 23.2 Å². The zero-order chi connectivity index (χ0) is 14.9. The molecule has 0 aliphatic heterocycles. The van der Waals surface area contributed by atoms with Gasteiger partial charge in [0.1, 0.15) is 10.7 Å². The quantitative estimate of drug-likeness (QED) is 0.819. The molecule has 2 aromatic rings. The molecule has 1 aliphatic carbocycles. The molecular weight excluding hydrogens is 308 g/mol. The topological polar surface area (TPSA) is 71.3 Å². The average molecular weight is 326 g/mol. The van der Waals surface area contributed by atoms with Gasteiger partial charge in [-0.1, -0.05) is 0 Å². The lowest BCUT2D eigenvalue weighted by Gasteiger charge is -2.09.